The molecule has 4 nitrogen and oxygen atoms in total. The number of hydrogen-bond acceptors (Lipinski definition) is 4. The SMILES string of the molecule is [2H]C([2H])(O)C([2H])([2H])CN1CCOCC12CCNCC2. The van der Waals surface area contributed by atoms with E-state index in [0.717, 1.165) is 25.9 Å². The number of nitrogens with one attached hydrogen (secondary N) is 1. The van der Waals surface area contributed by atoms with Crippen LogP contribution in [-0.4, -0.2) is 61.5 Å². The Labute approximate surface area is 97.2 Å². The van der Waals surface area contributed by atoms with Gasteiger partial charge in [0.1, 0.15) is 0 Å². The fraction of sp³-hybridized carbons (Fsp3) is 1.00. The van der Waals surface area contributed by atoms with Gasteiger partial charge in [-0.05, 0) is 32.3 Å². The summed E-state index contributed by atoms with van der Waals surface area (Å²) in [6, 6.07) is 0. The molecule has 0 radical (unpaired) electrons. The van der Waals surface area contributed by atoms with E-state index in [1.54, 1.807) is 0 Å². The molecule has 15 heavy (non-hydrogen) atoms. The van der Waals surface area contributed by atoms with Crippen LogP contribution in [0.4, 0.5) is 0 Å². The van der Waals surface area contributed by atoms with Crippen molar-refractivity contribution in [1.29, 1.82) is 0 Å². The van der Waals surface area contributed by atoms with Gasteiger partial charge < -0.3 is 15.2 Å². The monoisotopic (exact) mass is 218 g/mol. The zero-order valence-corrected chi connectivity index (χ0v) is 8.96. The molecule has 0 aromatic rings. The van der Waals surface area contributed by atoms with Crippen molar-refractivity contribution >= 4 is 0 Å². The highest BCUT2D eigenvalue weighted by Crippen LogP contribution is 2.29. The molecule has 4 heteroatoms. The van der Waals surface area contributed by atoms with Crippen LogP contribution in [0.1, 0.15) is 24.7 Å². The predicted molar refractivity (Wildman–Crippen MR) is 58.9 cm³/mol. The Hall–Kier alpha value is -0.160. The number of piperidine rings is 1. The van der Waals surface area contributed by atoms with E-state index in [4.69, 9.17) is 10.2 Å². The van der Waals surface area contributed by atoms with Gasteiger partial charge in [0.25, 0.3) is 0 Å². The zero-order chi connectivity index (χ0) is 14.1. The highest BCUT2D eigenvalue weighted by Gasteiger charge is 2.39. The molecule has 2 aliphatic heterocycles. The number of rotatable bonds is 3. The maximum Gasteiger partial charge on any atom is 0.0652 e. The third-order valence-corrected chi connectivity index (χ3v) is 3.43. The smallest absolute Gasteiger partial charge is 0.0652 e. The first-order valence-corrected chi connectivity index (χ1v) is 5.53. The van der Waals surface area contributed by atoms with Gasteiger partial charge in [0.2, 0.25) is 0 Å². The van der Waals surface area contributed by atoms with Crippen molar-refractivity contribution in [3.8, 4) is 0 Å². The third kappa shape index (κ3) is 2.50. The number of morpholine rings is 1. The molecule has 2 rings (SSSR count). The molecule has 0 bridgehead atoms. The fourth-order valence-corrected chi connectivity index (χ4v) is 2.50. The summed E-state index contributed by atoms with van der Waals surface area (Å²) in [7, 11) is 0. The van der Waals surface area contributed by atoms with Crippen LogP contribution >= 0.6 is 0 Å². The highest BCUT2D eigenvalue weighted by atomic mass is 16.5. The van der Waals surface area contributed by atoms with Crippen LogP contribution in [0, 0.1) is 0 Å². The molecule has 2 heterocycles. The van der Waals surface area contributed by atoms with Crippen LogP contribution in [-0.2, 0) is 4.74 Å². The Morgan fingerprint density at radius 1 is 1.47 bits per heavy atom. The van der Waals surface area contributed by atoms with Gasteiger partial charge in [0.05, 0.1) is 16.0 Å². The summed E-state index contributed by atoms with van der Waals surface area (Å²) >= 11 is 0. The van der Waals surface area contributed by atoms with Crippen molar-refractivity contribution in [2.24, 2.45) is 0 Å². The van der Waals surface area contributed by atoms with Crippen molar-refractivity contribution in [2.45, 2.75) is 24.8 Å². The summed E-state index contributed by atoms with van der Waals surface area (Å²) in [4.78, 5) is 1.96. The van der Waals surface area contributed by atoms with Gasteiger partial charge in [0, 0.05) is 27.9 Å². The van der Waals surface area contributed by atoms with Gasteiger partial charge in [-0.15, -0.1) is 0 Å². The standard InChI is InChI=1S/C11H22N2O2/c14-8-1-6-13-7-9-15-10-11(13)2-4-12-5-3-11/h12,14H,1-10H2/i1D2,8D2. The maximum absolute atomic E-state index is 9.35. The van der Waals surface area contributed by atoms with Crippen LogP contribution in [0.2, 0.25) is 0 Å². The Kier molecular flexibility index (Phi) is 2.53. The minimum Gasteiger partial charge on any atom is -0.396 e. The van der Waals surface area contributed by atoms with Gasteiger partial charge >= 0.3 is 0 Å². The molecule has 2 aliphatic rings. The number of nitrogens with zero attached hydrogens (tertiary/aromatic N) is 1. The summed E-state index contributed by atoms with van der Waals surface area (Å²) in [5.74, 6) is 0. The minimum absolute atomic E-state index is 0.111. The maximum atomic E-state index is 9.35. The average Bonchev–Trinajstić information content (AvgIpc) is 2.32. The van der Waals surface area contributed by atoms with E-state index in [1.165, 1.54) is 0 Å². The first-order chi connectivity index (χ1) is 8.77. The van der Waals surface area contributed by atoms with Gasteiger partial charge in [-0.2, -0.15) is 0 Å². The van der Waals surface area contributed by atoms with Crippen LogP contribution in [0.3, 0.4) is 0 Å². The van der Waals surface area contributed by atoms with Gasteiger partial charge in [-0.1, -0.05) is 0 Å². The topological polar surface area (TPSA) is 44.7 Å². The molecule has 2 saturated heterocycles. The summed E-state index contributed by atoms with van der Waals surface area (Å²) in [6.45, 7) is 0.428. The molecule has 2 N–H and O–H groups in total. The summed E-state index contributed by atoms with van der Waals surface area (Å²) in [6.07, 6.45) is -0.572. The minimum atomic E-state index is -2.83. The predicted octanol–water partition coefficient (Wildman–Crippen LogP) is -0.177. The molecule has 0 saturated carbocycles. The second-order valence-electron chi connectivity index (χ2n) is 4.24. The number of ether oxygens (including phenoxy) is 1. The Balaban J connectivity index is 2.12. The second-order valence-corrected chi connectivity index (χ2v) is 4.24. The van der Waals surface area contributed by atoms with Gasteiger partial charge in [-0.3, -0.25) is 4.90 Å². The highest BCUT2D eigenvalue weighted by molar-refractivity contribution is 4.96. The van der Waals surface area contributed by atoms with Crippen molar-refractivity contribution in [1.82, 2.24) is 10.2 Å². The van der Waals surface area contributed by atoms with E-state index in [9.17, 15) is 5.11 Å². The van der Waals surface area contributed by atoms with Crippen LogP contribution in [0.15, 0.2) is 0 Å². The van der Waals surface area contributed by atoms with Gasteiger partial charge in [-0.25, -0.2) is 0 Å². The lowest BCUT2D eigenvalue weighted by atomic mass is 9.86. The third-order valence-electron chi connectivity index (χ3n) is 3.43. The van der Waals surface area contributed by atoms with E-state index >= 15 is 0 Å². The molecule has 88 valence electrons. The van der Waals surface area contributed by atoms with Crippen molar-refractivity contribution in [3.63, 3.8) is 0 Å². The lowest BCUT2D eigenvalue weighted by molar-refractivity contribution is -0.0835. The molecular weight excluding hydrogens is 192 g/mol. The van der Waals surface area contributed by atoms with E-state index in [1.807, 2.05) is 4.90 Å². The second kappa shape index (κ2) is 5.25. The number of aliphatic hydroxyl groups is 1. The Morgan fingerprint density at radius 2 is 2.27 bits per heavy atom. The summed E-state index contributed by atoms with van der Waals surface area (Å²) in [5, 5.41) is 12.6. The van der Waals surface area contributed by atoms with E-state index in [2.05, 4.69) is 5.32 Å². The number of hydrogen-bond donors (Lipinski definition) is 2. The lowest BCUT2D eigenvalue weighted by Crippen LogP contribution is -2.61. The first kappa shape index (κ1) is 7.22. The Bertz CT molecular complexity index is 308. The van der Waals surface area contributed by atoms with Crippen molar-refractivity contribution in [3.05, 3.63) is 0 Å². The molecule has 0 aromatic heterocycles. The van der Waals surface area contributed by atoms with Crippen LogP contribution in [0.5, 0.6) is 0 Å². The normalized spacial score (nSPS) is 32.9. The van der Waals surface area contributed by atoms with E-state index in [0.29, 0.717) is 19.8 Å². The molecule has 0 aliphatic carbocycles. The van der Waals surface area contributed by atoms with Crippen LogP contribution < -0.4 is 5.32 Å². The van der Waals surface area contributed by atoms with Crippen molar-refractivity contribution in [2.75, 3.05) is 46.0 Å². The van der Waals surface area contributed by atoms with Crippen molar-refractivity contribution < 1.29 is 15.3 Å². The summed E-state index contributed by atoms with van der Waals surface area (Å²) in [5.41, 5.74) is -0.220. The Morgan fingerprint density at radius 3 is 3.00 bits per heavy atom. The first-order valence-electron chi connectivity index (χ1n) is 7.53. The molecule has 0 atom stereocenters. The molecular formula is C11H22N2O2. The molecule has 0 amide bonds. The fourth-order valence-electron chi connectivity index (χ4n) is 2.50. The van der Waals surface area contributed by atoms with E-state index < -0.39 is 12.9 Å². The van der Waals surface area contributed by atoms with Gasteiger partial charge in [0.15, 0.2) is 0 Å². The quantitative estimate of drug-likeness (QED) is 0.690. The van der Waals surface area contributed by atoms with Crippen LogP contribution in [0.25, 0.3) is 0 Å². The summed E-state index contributed by atoms with van der Waals surface area (Å²) < 4.78 is 35.5. The molecule has 0 aromatic carbocycles. The average molecular weight is 218 g/mol. The zero-order valence-electron chi connectivity index (χ0n) is 13.0. The largest absolute Gasteiger partial charge is 0.396 e. The van der Waals surface area contributed by atoms with E-state index in [-0.39, 0.29) is 12.1 Å². The molecule has 0 unspecified atom stereocenters. The molecule has 2 fully saturated rings. The lowest BCUT2D eigenvalue weighted by Gasteiger charge is -2.49. The molecule has 1 spiro atoms.